The lowest BCUT2D eigenvalue weighted by Gasteiger charge is -2.09. The largest absolute Gasteiger partial charge is 0.338 e. The average Bonchev–Trinajstić information content (AvgIpc) is 2.49. The Hall–Kier alpha value is -1.33. The molecule has 116 valence electrons. The number of halogens is 2. The standard InChI is InChI=1S/C17H18Br2N2O/c18-15-6-3-4-13(12-15)8-10-20-17(22)21-11-9-14-5-1-2-7-16(14)19/h1-7,12H,8-11H2,(H2,20,21,22). The van der Waals surface area contributed by atoms with Crippen molar-refractivity contribution in [3.63, 3.8) is 0 Å². The highest BCUT2D eigenvalue weighted by atomic mass is 79.9. The van der Waals surface area contributed by atoms with Crippen LogP contribution in [0.3, 0.4) is 0 Å². The number of amides is 2. The van der Waals surface area contributed by atoms with Crippen molar-refractivity contribution in [2.24, 2.45) is 0 Å². The molecular formula is C17H18Br2N2O. The summed E-state index contributed by atoms with van der Waals surface area (Å²) in [4.78, 5) is 11.7. The third-order valence-electron chi connectivity index (χ3n) is 3.23. The van der Waals surface area contributed by atoms with E-state index in [0.717, 1.165) is 21.8 Å². The molecule has 2 rings (SSSR count). The van der Waals surface area contributed by atoms with Gasteiger partial charge < -0.3 is 10.6 Å². The summed E-state index contributed by atoms with van der Waals surface area (Å²) < 4.78 is 2.13. The molecule has 0 aliphatic rings. The smallest absolute Gasteiger partial charge is 0.314 e. The number of hydrogen-bond donors (Lipinski definition) is 2. The number of carbonyl (C=O) groups excluding carboxylic acids is 1. The number of benzene rings is 2. The van der Waals surface area contributed by atoms with Crippen molar-refractivity contribution in [2.45, 2.75) is 12.8 Å². The molecule has 0 atom stereocenters. The zero-order valence-corrected chi connectivity index (χ0v) is 15.3. The van der Waals surface area contributed by atoms with Gasteiger partial charge in [0, 0.05) is 22.0 Å². The molecule has 0 bridgehead atoms. The lowest BCUT2D eigenvalue weighted by atomic mass is 10.1. The molecule has 0 aliphatic heterocycles. The summed E-state index contributed by atoms with van der Waals surface area (Å²) in [5, 5.41) is 5.75. The van der Waals surface area contributed by atoms with E-state index in [4.69, 9.17) is 0 Å². The van der Waals surface area contributed by atoms with Crippen LogP contribution in [0.15, 0.2) is 57.5 Å². The molecule has 2 aromatic carbocycles. The van der Waals surface area contributed by atoms with E-state index in [0.29, 0.717) is 13.1 Å². The van der Waals surface area contributed by atoms with Crippen LogP contribution in [-0.4, -0.2) is 19.1 Å². The summed E-state index contributed by atoms with van der Waals surface area (Å²) in [6.07, 6.45) is 1.62. The monoisotopic (exact) mass is 424 g/mol. The maximum Gasteiger partial charge on any atom is 0.314 e. The Balaban J connectivity index is 1.65. The summed E-state index contributed by atoms with van der Waals surface area (Å²) in [6, 6.07) is 16.0. The van der Waals surface area contributed by atoms with Crippen LogP contribution in [0, 0.1) is 0 Å². The quantitative estimate of drug-likeness (QED) is 0.711. The van der Waals surface area contributed by atoms with Crippen LogP contribution in [0.2, 0.25) is 0 Å². The number of hydrogen-bond acceptors (Lipinski definition) is 1. The fourth-order valence-electron chi connectivity index (χ4n) is 2.09. The first-order valence-electron chi connectivity index (χ1n) is 7.15. The van der Waals surface area contributed by atoms with Crippen molar-refractivity contribution in [3.8, 4) is 0 Å². The molecule has 0 heterocycles. The fourth-order valence-corrected chi connectivity index (χ4v) is 3.02. The van der Waals surface area contributed by atoms with Gasteiger partial charge in [-0.25, -0.2) is 4.79 Å². The van der Waals surface area contributed by atoms with Gasteiger partial charge in [-0.15, -0.1) is 0 Å². The Morgan fingerprint density at radius 2 is 1.64 bits per heavy atom. The van der Waals surface area contributed by atoms with Gasteiger partial charge in [0.15, 0.2) is 0 Å². The van der Waals surface area contributed by atoms with Gasteiger partial charge in [0.25, 0.3) is 0 Å². The van der Waals surface area contributed by atoms with Crippen molar-refractivity contribution >= 4 is 37.9 Å². The van der Waals surface area contributed by atoms with Crippen LogP contribution in [0.25, 0.3) is 0 Å². The van der Waals surface area contributed by atoms with E-state index in [1.807, 2.05) is 30.3 Å². The molecule has 0 saturated heterocycles. The first-order chi connectivity index (χ1) is 10.6. The van der Waals surface area contributed by atoms with Gasteiger partial charge >= 0.3 is 6.03 Å². The highest BCUT2D eigenvalue weighted by Gasteiger charge is 2.02. The summed E-state index contributed by atoms with van der Waals surface area (Å²) in [5.74, 6) is 0. The second-order valence-electron chi connectivity index (χ2n) is 4.90. The Bertz CT molecular complexity index is 632. The molecular weight excluding hydrogens is 408 g/mol. The molecule has 2 aromatic rings. The molecule has 0 saturated carbocycles. The van der Waals surface area contributed by atoms with E-state index in [1.165, 1.54) is 11.1 Å². The lowest BCUT2D eigenvalue weighted by Crippen LogP contribution is -2.37. The Morgan fingerprint density at radius 1 is 0.909 bits per heavy atom. The van der Waals surface area contributed by atoms with E-state index in [9.17, 15) is 4.79 Å². The van der Waals surface area contributed by atoms with E-state index < -0.39 is 0 Å². The van der Waals surface area contributed by atoms with Crippen molar-refractivity contribution in [1.82, 2.24) is 10.6 Å². The van der Waals surface area contributed by atoms with E-state index in [-0.39, 0.29) is 6.03 Å². The summed E-state index contributed by atoms with van der Waals surface area (Å²) in [6.45, 7) is 1.24. The molecule has 2 amide bonds. The van der Waals surface area contributed by atoms with E-state index >= 15 is 0 Å². The Morgan fingerprint density at radius 3 is 2.36 bits per heavy atom. The topological polar surface area (TPSA) is 41.1 Å². The number of nitrogens with one attached hydrogen (secondary N) is 2. The van der Waals surface area contributed by atoms with Crippen molar-refractivity contribution in [3.05, 3.63) is 68.6 Å². The third-order valence-corrected chi connectivity index (χ3v) is 4.49. The van der Waals surface area contributed by atoms with Crippen molar-refractivity contribution in [1.29, 1.82) is 0 Å². The molecule has 3 nitrogen and oxygen atoms in total. The lowest BCUT2D eigenvalue weighted by molar-refractivity contribution is 0.241. The molecule has 22 heavy (non-hydrogen) atoms. The van der Waals surface area contributed by atoms with Gasteiger partial charge in [0.2, 0.25) is 0 Å². The number of urea groups is 1. The summed E-state index contributed by atoms with van der Waals surface area (Å²) >= 11 is 6.95. The van der Waals surface area contributed by atoms with Gasteiger partial charge in [0.1, 0.15) is 0 Å². The minimum atomic E-state index is -0.123. The van der Waals surface area contributed by atoms with Crippen LogP contribution >= 0.6 is 31.9 Å². The summed E-state index contributed by atoms with van der Waals surface area (Å²) in [5.41, 5.74) is 2.39. The van der Waals surface area contributed by atoms with Crippen molar-refractivity contribution < 1.29 is 4.79 Å². The fraction of sp³-hybridized carbons (Fsp3) is 0.235. The first kappa shape index (κ1) is 17.0. The van der Waals surface area contributed by atoms with Gasteiger partial charge in [-0.3, -0.25) is 0 Å². The van der Waals surface area contributed by atoms with Crippen LogP contribution in [0.1, 0.15) is 11.1 Å². The normalized spacial score (nSPS) is 10.3. The number of rotatable bonds is 6. The van der Waals surface area contributed by atoms with Crippen LogP contribution in [-0.2, 0) is 12.8 Å². The van der Waals surface area contributed by atoms with Crippen molar-refractivity contribution in [2.75, 3.05) is 13.1 Å². The minimum absolute atomic E-state index is 0.123. The van der Waals surface area contributed by atoms with Gasteiger partial charge in [-0.2, -0.15) is 0 Å². The van der Waals surface area contributed by atoms with Gasteiger partial charge in [-0.05, 0) is 42.2 Å². The summed E-state index contributed by atoms with van der Waals surface area (Å²) in [7, 11) is 0. The molecule has 0 aliphatic carbocycles. The third kappa shape index (κ3) is 5.81. The second kappa shape index (κ2) is 8.96. The van der Waals surface area contributed by atoms with E-state index in [2.05, 4.69) is 60.7 Å². The van der Waals surface area contributed by atoms with Crippen LogP contribution in [0.5, 0.6) is 0 Å². The number of carbonyl (C=O) groups is 1. The Labute approximate surface area is 147 Å². The highest BCUT2D eigenvalue weighted by Crippen LogP contribution is 2.15. The Kier molecular flexibility index (Phi) is 6.93. The molecule has 0 radical (unpaired) electrons. The van der Waals surface area contributed by atoms with E-state index in [1.54, 1.807) is 0 Å². The molecule has 0 aromatic heterocycles. The van der Waals surface area contributed by atoms with Crippen LogP contribution in [0.4, 0.5) is 4.79 Å². The SMILES string of the molecule is O=C(NCCc1cccc(Br)c1)NCCc1ccccc1Br. The molecule has 5 heteroatoms. The van der Waals surface area contributed by atoms with Gasteiger partial charge in [-0.1, -0.05) is 62.2 Å². The zero-order valence-electron chi connectivity index (χ0n) is 12.1. The maximum atomic E-state index is 11.7. The second-order valence-corrected chi connectivity index (χ2v) is 6.67. The molecule has 0 spiro atoms. The predicted molar refractivity (Wildman–Crippen MR) is 97.1 cm³/mol. The molecule has 0 unspecified atom stereocenters. The maximum absolute atomic E-state index is 11.7. The molecule has 2 N–H and O–H groups in total. The van der Waals surface area contributed by atoms with Gasteiger partial charge in [0.05, 0.1) is 0 Å². The first-order valence-corrected chi connectivity index (χ1v) is 8.73. The minimum Gasteiger partial charge on any atom is -0.338 e. The zero-order chi connectivity index (χ0) is 15.8. The van der Waals surface area contributed by atoms with Crippen LogP contribution < -0.4 is 10.6 Å². The predicted octanol–water partition coefficient (Wildman–Crippen LogP) is 4.30. The average molecular weight is 426 g/mol. The highest BCUT2D eigenvalue weighted by molar-refractivity contribution is 9.10. The molecule has 0 fully saturated rings.